The average Bonchev–Trinajstić information content (AvgIpc) is 3.00. The number of para-hydroxylation sites is 1. The Labute approximate surface area is 238 Å². The molecule has 0 aliphatic heterocycles. The number of nitrogens with zero attached hydrogens (tertiary/aromatic N) is 3. The highest BCUT2D eigenvalue weighted by Gasteiger charge is 2.22. The molecule has 210 valence electrons. The highest BCUT2D eigenvalue weighted by Crippen LogP contribution is 2.34. The molecule has 1 N–H and O–H groups in total. The largest absolute Gasteiger partial charge is 0.493 e. The van der Waals surface area contributed by atoms with Gasteiger partial charge in [0.15, 0.2) is 11.5 Å². The van der Waals surface area contributed by atoms with E-state index in [4.69, 9.17) is 19.6 Å². The zero-order valence-corrected chi connectivity index (χ0v) is 23.1. The van der Waals surface area contributed by atoms with Crippen LogP contribution >= 0.6 is 0 Å². The molecule has 0 atom stereocenters. The molecule has 1 aliphatic carbocycles. The number of rotatable bonds is 10. The SMILES string of the molecule is C=CCc1cc(C=Nn2c(C3CCCCC3)nc3ccccc3c2=O)cc(OC)c1OCc1ccc(C(=O)O)cc1. The molecule has 0 spiro atoms. The highest BCUT2D eigenvalue weighted by atomic mass is 16.5. The van der Waals surface area contributed by atoms with Crippen molar-refractivity contribution in [1.29, 1.82) is 0 Å². The van der Waals surface area contributed by atoms with Gasteiger partial charge in [0.05, 0.1) is 29.8 Å². The van der Waals surface area contributed by atoms with Crippen molar-refractivity contribution in [3.8, 4) is 11.5 Å². The monoisotopic (exact) mass is 551 g/mol. The van der Waals surface area contributed by atoms with Crippen molar-refractivity contribution in [2.24, 2.45) is 5.10 Å². The van der Waals surface area contributed by atoms with E-state index in [-0.39, 0.29) is 23.6 Å². The van der Waals surface area contributed by atoms with Crippen molar-refractivity contribution in [1.82, 2.24) is 9.66 Å². The van der Waals surface area contributed by atoms with Crippen LogP contribution in [0.1, 0.15) is 70.9 Å². The van der Waals surface area contributed by atoms with Crippen molar-refractivity contribution < 1.29 is 19.4 Å². The van der Waals surface area contributed by atoms with Gasteiger partial charge in [-0.3, -0.25) is 4.79 Å². The van der Waals surface area contributed by atoms with Crippen LogP contribution in [0.5, 0.6) is 11.5 Å². The summed E-state index contributed by atoms with van der Waals surface area (Å²) < 4.78 is 13.3. The maximum Gasteiger partial charge on any atom is 0.335 e. The first-order valence-electron chi connectivity index (χ1n) is 13.8. The quantitative estimate of drug-likeness (QED) is 0.182. The number of hydrogen-bond donors (Lipinski definition) is 1. The summed E-state index contributed by atoms with van der Waals surface area (Å²) in [4.78, 5) is 29.6. The molecule has 1 fully saturated rings. The van der Waals surface area contributed by atoms with Crippen LogP contribution in [-0.2, 0) is 13.0 Å². The topological polar surface area (TPSA) is 103 Å². The molecule has 0 unspecified atom stereocenters. The molecular formula is C33H33N3O5. The second kappa shape index (κ2) is 12.6. The van der Waals surface area contributed by atoms with Gasteiger partial charge < -0.3 is 14.6 Å². The molecule has 4 aromatic rings. The Morgan fingerprint density at radius 2 is 1.88 bits per heavy atom. The zero-order chi connectivity index (χ0) is 28.8. The van der Waals surface area contributed by atoms with Crippen LogP contribution < -0.4 is 15.0 Å². The molecule has 1 aromatic heterocycles. The van der Waals surface area contributed by atoms with Gasteiger partial charge in [-0.15, -0.1) is 6.58 Å². The number of carbonyl (C=O) groups is 1. The fourth-order valence-corrected chi connectivity index (χ4v) is 5.28. The third-order valence-corrected chi connectivity index (χ3v) is 7.39. The summed E-state index contributed by atoms with van der Waals surface area (Å²) >= 11 is 0. The van der Waals surface area contributed by atoms with E-state index in [2.05, 4.69) is 11.7 Å². The van der Waals surface area contributed by atoms with Gasteiger partial charge in [-0.25, -0.2) is 9.78 Å². The van der Waals surface area contributed by atoms with E-state index in [0.717, 1.165) is 42.4 Å². The summed E-state index contributed by atoms with van der Waals surface area (Å²) in [5.74, 6) is 1.00. The Kier molecular flexibility index (Phi) is 8.58. The third kappa shape index (κ3) is 6.22. The van der Waals surface area contributed by atoms with E-state index in [0.29, 0.717) is 34.6 Å². The Bertz CT molecular complexity index is 1650. The summed E-state index contributed by atoms with van der Waals surface area (Å²) in [6.45, 7) is 4.12. The van der Waals surface area contributed by atoms with Crippen LogP contribution in [0.2, 0.25) is 0 Å². The van der Waals surface area contributed by atoms with Gasteiger partial charge in [0.2, 0.25) is 0 Å². The standard InChI is InChI=1S/C33H33N3O5/c1-3-9-26-18-23(19-29(40-2)30(26)41-21-22-14-16-25(17-15-22)33(38)39)20-34-36-31(24-10-5-4-6-11-24)35-28-13-8-7-12-27(28)32(36)37/h3,7-8,12-20,24H,1,4-6,9-11,21H2,2H3,(H,38,39). The number of aromatic nitrogens is 2. The van der Waals surface area contributed by atoms with Crippen LogP contribution in [0.15, 0.2) is 83.2 Å². The number of allylic oxidation sites excluding steroid dienone is 1. The highest BCUT2D eigenvalue weighted by molar-refractivity contribution is 5.87. The van der Waals surface area contributed by atoms with E-state index in [1.54, 1.807) is 49.7 Å². The minimum absolute atomic E-state index is 0.181. The number of hydrogen-bond acceptors (Lipinski definition) is 6. The van der Waals surface area contributed by atoms with Crippen molar-refractivity contribution in [2.75, 3.05) is 7.11 Å². The molecule has 0 amide bonds. The third-order valence-electron chi connectivity index (χ3n) is 7.39. The maximum absolute atomic E-state index is 13.6. The Morgan fingerprint density at radius 1 is 1.12 bits per heavy atom. The van der Waals surface area contributed by atoms with E-state index < -0.39 is 5.97 Å². The van der Waals surface area contributed by atoms with Gasteiger partial charge in [-0.05, 0) is 66.8 Å². The summed E-state index contributed by atoms with van der Waals surface area (Å²) in [7, 11) is 1.57. The molecule has 1 aliphatic rings. The first-order valence-corrected chi connectivity index (χ1v) is 13.8. The first-order chi connectivity index (χ1) is 20.0. The first kappa shape index (κ1) is 27.8. The van der Waals surface area contributed by atoms with Crippen LogP contribution in [-0.4, -0.2) is 34.1 Å². The molecule has 0 saturated heterocycles. The molecule has 5 rings (SSSR count). The number of aromatic carboxylic acids is 1. The van der Waals surface area contributed by atoms with E-state index in [1.807, 2.05) is 30.3 Å². The lowest BCUT2D eigenvalue weighted by atomic mass is 9.88. The molecule has 0 radical (unpaired) electrons. The minimum atomic E-state index is -0.975. The maximum atomic E-state index is 13.6. The lowest BCUT2D eigenvalue weighted by Crippen LogP contribution is -2.25. The van der Waals surface area contributed by atoms with Gasteiger partial charge in [0.25, 0.3) is 5.56 Å². The second-order valence-corrected chi connectivity index (χ2v) is 10.2. The Morgan fingerprint density at radius 3 is 2.59 bits per heavy atom. The van der Waals surface area contributed by atoms with Gasteiger partial charge >= 0.3 is 5.97 Å². The van der Waals surface area contributed by atoms with Gasteiger partial charge in [0.1, 0.15) is 12.4 Å². The summed E-state index contributed by atoms with van der Waals surface area (Å²) in [5.41, 5.74) is 3.14. The number of ether oxygens (including phenoxy) is 2. The van der Waals surface area contributed by atoms with Gasteiger partial charge in [-0.1, -0.05) is 49.6 Å². The fraction of sp³-hybridized carbons (Fsp3) is 0.273. The number of methoxy groups -OCH3 is 1. The molecular weight excluding hydrogens is 518 g/mol. The van der Waals surface area contributed by atoms with Gasteiger partial charge in [0, 0.05) is 11.5 Å². The molecule has 8 heteroatoms. The predicted molar refractivity (Wildman–Crippen MR) is 159 cm³/mol. The zero-order valence-electron chi connectivity index (χ0n) is 23.1. The van der Waals surface area contributed by atoms with Gasteiger partial charge in [-0.2, -0.15) is 9.78 Å². The number of carboxylic acid groups (broad SMARTS) is 1. The normalized spacial score (nSPS) is 13.9. The Hall–Kier alpha value is -4.72. The summed E-state index contributed by atoms with van der Waals surface area (Å²) in [6.07, 6.45) is 9.37. The lowest BCUT2D eigenvalue weighted by molar-refractivity contribution is 0.0697. The number of fused-ring (bicyclic) bond motifs is 1. The average molecular weight is 552 g/mol. The molecule has 1 saturated carbocycles. The van der Waals surface area contributed by atoms with Crippen molar-refractivity contribution >= 4 is 23.1 Å². The summed E-state index contributed by atoms with van der Waals surface area (Å²) in [6, 6.07) is 17.7. The van der Waals surface area contributed by atoms with Crippen molar-refractivity contribution in [3.63, 3.8) is 0 Å². The van der Waals surface area contributed by atoms with E-state index in [1.165, 1.54) is 11.1 Å². The van der Waals surface area contributed by atoms with Crippen molar-refractivity contribution in [2.45, 2.75) is 51.0 Å². The van der Waals surface area contributed by atoms with Crippen LogP contribution in [0.3, 0.4) is 0 Å². The van der Waals surface area contributed by atoms with Crippen LogP contribution in [0.25, 0.3) is 10.9 Å². The predicted octanol–water partition coefficient (Wildman–Crippen LogP) is 6.34. The lowest BCUT2D eigenvalue weighted by Gasteiger charge is -2.22. The van der Waals surface area contributed by atoms with Crippen LogP contribution in [0.4, 0.5) is 0 Å². The Balaban J connectivity index is 1.49. The minimum Gasteiger partial charge on any atom is -0.493 e. The molecule has 8 nitrogen and oxygen atoms in total. The number of benzene rings is 3. The molecule has 41 heavy (non-hydrogen) atoms. The van der Waals surface area contributed by atoms with E-state index in [9.17, 15) is 9.59 Å². The fourth-order valence-electron chi connectivity index (χ4n) is 5.28. The molecule has 1 heterocycles. The smallest absolute Gasteiger partial charge is 0.335 e. The number of carboxylic acids is 1. The van der Waals surface area contributed by atoms with Crippen LogP contribution in [0, 0.1) is 0 Å². The second-order valence-electron chi connectivity index (χ2n) is 10.2. The van der Waals surface area contributed by atoms with Crippen molar-refractivity contribution in [3.05, 3.63) is 112 Å². The molecule has 0 bridgehead atoms. The van der Waals surface area contributed by atoms with E-state index >= 15 is 0 Å². The summed E-state index contributed by atoms with van der Waals surface area (Å²) in [5, 5.41) is 14.3. The molecule has 3 aromatic carbocycles.